The van der Waals surface area contributed by atoms with E-state index < -0.39 is 16.0 Å². The second-order valence-electron chi connectivity index (χ2n) is 4.88. The molecule has 0 aliphatic rings. The van der Waals surface area contributed by atoms with Gasteiger partial charge in [-0.15, -0.1) is 0 Å². The highest BCUT2D eigenvalue weighted by atomic mass is 32.2. The number of benzene rings is 2. The van der Waals surface area contributed by atoms with Crippen LogP contribution in [0, 0.1) is 0 Å². The summed E-state index contributed by atoms with van der Waals surface area (Å²) in [5.74, 6) is -0.202. The Labute approximate surface area is 135 Å². The van der Waals surface area contributed by atoms with Gasteiger partial charge in [0.1, 0.15) is 16.0 Å². The van der Waals surface area contributed by atoms with Gasteiger partial charge in [0.25, 0.3) is 0 Å². The Morgan fingerprint density at radius 2 is 1.65 bits per heavy atom. The van der Waals surface area contributed by atoms with Crippen LogP contribution < -0.4 is 0 Å². The van der Waals surface area contributed by atoms with Gasteiger partial charge in [0.05, 0.1) is 5.69 Å². The molecule has 1 heterocycles. The molecule has 0 radical (unpaired) electrons. The zero-order valence-corrected chi connectivity index (χ0v) is 13.2. The van der Waals surface area contributed by atoms with E-state index in [1.165, 1.54) is 4.68 Å². The number of para-hydroxylation sites is 1. The van der Waals surface area contributed by atoms with Crippen LogP contribution in [0.1, 0.15) is 17.3 Å². The minimum Gasteiger partial charge on any atom is -0.293 e. The van der Waals surface area contributed by atoms with E-state index >= 15 is 0 Å². The molecule has 7 heteroatoms. The van der Waals surface area contributed by atoms with Crippen molar-refractivity contribution in [3.8, 4) is 5.69 Å². The number of rotatable bonds is 5. The highest BCUT2D eigenvalue weighted by molar-refractivity contribution is 7.86. The number of carbonyl (C=O) groups excluding carboxylic acids is 1. The highest BCUT2D eigenvalue weighted by Gasteiger charge is 2.27. The van der Waals surface area contributed by atoms with Crippen LogP contribution in [0.2, 0.25) is 0 Å². The molecule has 0 fully saturated rings. The standard InChI is InChI=1S/C16H14N4O2S/c1-12(15(21)13-8-4-2-5-9-13)23(22)16-17-18-19-20(16)14-10-6-3-7-11-14/h2-12H,1H3. The number of carbonyl (C=O) groups is 1. The minimum atomic E-state index is -1.66. The quantitative estimate of drug-likeness (QED) is 0.671. The number of Topliss-reactive ketones (excluding diaryl/α,β-unsaturated/α-hetero) is 1. The first-order chi connectivity index (χ1) is 11.2. The fourth-order valence-electron chi connectivity index (χ4n) is 2.13. The van der Waals surface area contributed by atoms with E-state index in [1.807, 2.05) is 24.3 Å². The van der Waals surface area contributed by atoms with E-state index in [1.54, 1.807) is 43.3 Å². The zero-order chi connectivity index (χ0) is 16.2. The molecule has 0 bridgehead atoms. The van der Waals surface area contributed by atoms with Gasteiger partial charge in [0.2, 0.25) is 5.16 Å². The molecule has 0 saturated heterocycles. The van der Waals surface area contributed by atoms with Crippen LogP contribution in [0.25, 0.3) is 5.69 Å². The van der Waals surface area contributed by atoms with Crippen LogP contribution in [0.15, 0.2) is 65.8 Å². The van der Waals surface area contributed by atoms with Gasteiger partial charge in [-0.1, -0.05) is 53.6 Å². The Kier molecular flexibility index (Phi) is 4.38. The van der Waals surface area contributed by atoms with E-state index in [4.69, 9.17) is 0 Å². The van der Waals surface area contributed by atoms with E-state index in [-0.39, 0.29) is 10.9 Å². The first-order valence-corrected chi connectivity index (χ1v) is 8.23. The van der Waals surface area contributed by atoms with Crippen molar-refractivity contribution in [2.45, 2.75) is 17.3 Å². The summed E-state index contributed by atoms with van der Waals surface area (Å²) in [7, 11) is -1.66. The van der Waals surface area contributed by atoms with Crippen molar-refractivity contribution in [2.75, 3.05) is 0 Å². The van der Waals surface area contributed by atoms with Crippen molar-refractivity contribution in [1.82, 2.24) is 20.2 Å². The topological polar surface area (TPSA) is 77.7 Å². The molecule has 0 N–H and O–H groups in total. The van der Waals surface area contributed by atoms with Crippen molar-refractivity contribution in [3.63, 3.8) is 0 Å². The van der Waals surface area contributed by atoms with Crippen LogP contribution in [0.5, 0.6) is 0 Å². The van der Waals surface area contributed by atoms with Crippen molar-refractivity contribution in [2.24, 2.45) is 0 Å². The smallest absolute Gasteiger partial charge is 0.245 e. The van der Waals surface area contributed by atoms with Crippen LogP contribution in [0.4, 0.5) is 0 Å². The second kappa shape index (κ2) is 6.62. The number of ketones is 1. The summed E-state index contributed by atoms with van der Waals surface area (Å²) in [5, 5.41) is 10.7. The van der Waals surface area contributed by atoms with Crippen LogP contribution in [-0.4, -0.2) is 35.4 Å². The molecule has 0 aliphatic carbocycles. The summed E-state index contributed by atoms with van der Waals surface area (Å²) in [5.41, 5.74) is 1.22. The Bertz CT molecular complexity index is 834. The molecule has 2 atom stereocenters. The summed E-state index contributed by atoms with van der Waals surface area (Å²) in [6.45, 7) is 1.62. The number of nitrogens with zero attached hydrogens (tertiary/aromatic N) is 4. The monoisotopic (exact) mass is 326 g/mol. The van der Waals surface area contributed by atoms with Crippen molar-refractivity contribution < 1.29 is 9.00 Å². The second-order valence-corrected chi connectivity index (χ2v) is 6.55. The molecule has 2 aromatic carbocycles. The molecule has 1 aromatic heterocycles. The van der Waals surface area contributed by atoms with Gasteiger partial charge in [-0.05, 0) is 29.5 Å². The largest absolute Gasteiger partial charge is 0.293 e. The lowest BCUT2D eigenvalue weighted by molar-refractivity contribution is 0.0992. The molecule has 0 aliphatic heterocycles. The Morgan fingerprint density at radius 3 is 2.30 bits per heavy atom. The summed E-state index contributed by atoms with van der Waals surface area (Å²) in [6, 6.07) is 17.9. The molecule has 23 heavy (non-hydrogen) atoms. The lowest BCUT2D eigenvalue weighted by Gasteiger charge is -2.10. The summed E-state index contributed by atoms with van der Waals surface area (Å²) < 4.78 is 14.1. The third-order valence-electron chi connectivity index (χ3n) is 3.37. The average Bonchev–Trinajstić information content (AvgIpc) is 3.11. The van der Waals surface area contributed by atoms with Crippen molar-refractivity contribution >= 4 is 16.6 Å². The summed E-state index contributed by atoms with van der Waals surface area (Å²) in [6.07, 6.45) is 0. The van der Waals surface area contributed by atoms with Gasteiger partial charge in [0, 0.05) is 5.56 Å². The van der Waals surface area contributed by atoms with Crippen LogP contribution >= 0.6 is 0 Å². The molecule has 6 nitrogen and oxygen atoms in total. The predicted molar refractivity (Wildman–Crippen MR) is 85.8 cm³/mol. The lowest BCUT2D eigenvalue weighted by atomic mass is 10.1. The van der Waals surface area contributed by atoms with E-state index in [2.05, 4.69) is 15.5 Å². The third kappa shape index (κ3) is 3.09. The van der Waals surface area contributed by atoms with Gasteiger partial charge in [0.15, 0.2) is 5.78 Å². The molecule has 3 aromatic rings. The van der Waals surface area contributed by atoms with Gasteiger partial charge in [-0.2, -0.15) is 4.68 Å². The third-order valence-corrected chi connectivity index (χ3v) is 4.84. The molecule has 0 spiro atoms. The molecule has 116 valence electrons. The van der Waals surface area contributed by atoms with E-state index in [9.17, 15) is 9.00 Å². The maximum Gasteiger partial charge on any atom is 0.245 e. The molecule has 3 rings (SSSR count). The molecular weight excluding hydrogens is 312 g/mol. The zero-order valence-electron chi connectivity index (χ0n) is 12.4. The predicted octanol–water partition coefficient (Wildman–Crippen LogP) is 2.04. The van der Waals surface area contributed by atoms with Gasteiger partial charge in [-0.3, -0.25) is 9.00 Å². The minimum absolute atomic E-state index is 0.160. The normalized spacial score (nSPS) is 13.4. The Balaban J connectivity index is 1.90. The average molecular weight is 326 g/mol. The molecule has 0 saturated carbocycles. The SMILES string of the molecule is CC(C(=O)c1ccccc1)S(=O)c1nnnn1-c1ccccc1. The number of aromatic nitrogens is 4. The number of hydrogen-bond donors (Lipinski definition) is 0. The van der Waals surface area contributed by atoms with E-state index in [0.29, 0.717) is 11.3 Å². The first-order valence-electron chi connectivity index (χ1n) is 7.02. The fourth-order valence-corrected chi connectivity index (χ4v) is 3.20. The van der Waals surface area contributed by atoms with Crippen molar-refractivity contribution in [3.05, 3.63) is 66.2 Å². The molecular formula is C16H14N4O2S. The van der Waals surface area contributed by atoms with Gasteiger partial charge >= 0.3 is 0 Å². The van der Waals surface area contributed by atoms with Gasteiger partial charge in [-0.25, -0.2) is 0 Å². The number of hydrogen-bond acceptors (Lipinski definition) is 5. The van der Waals surface area contributed by atoms with Crippen molar-refractivity contribution in [1.29, 1.82) is 0 Å². The van der Waals surface area contributed by atoms with Gasteiger partial charge < -0.3 is 0 Å². The Morgan fingerprint density at radius 1 is 1.04 bits per heavy atom. The molecule has 2 unspecified atom stereocenters. The summed E-state index contributed by atoms with van der Waals surface area (Å²) in [4.78, 5) is 12.5. The fraction of sp³-hybridized carbons (Fsp3) is 0.125. The first kappa shape index (κ1) is 15.2. The maximum atomic E-state index is 12.7. The Hall–Kier alpha value is -2.67. The van der Waals surface area contributed by atoms with Crippen LogP contribution in [0.3, 0.4) is 0 Å². The molecule has 0 amide bonds. The highest BCUT2D eigenvalue weighted by Crippen LogP contribution is 2.16. The summed E-state index contributed by atoms with van der Waals surface area (Å²) >= 11 is 0. The van der Waals surface area contributed by atoms with Crippen LogP contribution in [-0.2, 0) is 10.8 Å². The van der Waals surface area contributed by atoms with E-state index in [0.717, 1.165) is 0 Å². The number of tetrazole rings is 1. The lowest BCUT2D eigenvalue weighted by Crippen LogP contribution is -2.25. The maximum absolute atomic E-state index is 12.7.